The molecular weight excluding hydrogens is 230 g/mol. The van der Waals surface area contributed by atoms with Crippen LogP contribution in [0.4, 0.5) is 0 Å². The lowest BCUT2D eigenvalue weighted by atomic mass is 9.95. The summed E-state index contributed by atoms with van der Waals surface area (Å²) in [5.41, 5.74) is 0. The normalized spacial score (nSPS) is 23.2. The first-order valence-electron chi connectivity index (χ1n) is 5.47. The highest BCUT2D eigenvalue weighted by atomic mass is 32.2. The Morgan fingerprint density at radius 2 is 1.81 bits per heavy atom. The van der Waals surface area contributed by atoms with Crippen LogP contribution in [-0.4, -0.2) is 55.5 Å². The van der Waals surface area contributed by atoms with Crippen molar-refractivity contribution in [2.24, 2.45) is 11.8 Å². The average molecular weight is 249 g/mol. The largest absolute Gasteiger partial charge is 0.481 e. The molecule has 0 aromatic heterocycles. The van der Waals surface area contributed by atoms with Gasteiger partial charge in [-0.25, -0.2) is 8.42 Å². The first-order valence-corrected chi connectivity index (χ1v) is 7.29. The van der Waals surface area contributed by atoms with Crippen molar-refractivity contribution in [2.45, 2.75) is 13.8 Å². The van der Waals surface area contributed by atoms with Crippen LogP contribution in [0.3, 0.4) is 0 Å². The topological polar surface area (TPSA) is 74.7 Å². The summed E-state index contributed by atoms with van der Waals surface area (Å²) in [4.78, 5) is 12.9. The summed E-state index contributed by atoms with van der Waals surface area (Å²) in [6.07, 6.45) is 0. The number of nitrogens with zero attached hydrogens (tertiary/aromatic N) is 1. The molecule has 1 heterocycles. The first kappa shape index (κ1) is 13.4. The average Bonchev–Trinajstić information content (AvgIpc) is 2.15. The molecule has 16 heavy (non-hydrogen) atoms. The molecule has 0 aliphatic carbocycles. The van der Waals surface area contributed by atoms with Crippen molar-refractivity contribution in [3.05, 3.63) is 0 Å². The van der Waals surface area contributed by atoms with Crippen LogP contribution in [0.1, 0.15) is 13.8 Å². The maximum absolute atomic E-state index is 11.2. The Hall–Kier alpha value is -0.620. The number of sulfone groups is 1. The number of aliphatic carboxylic acids is 1. The Morgan fingerprint density at radius 3 is 2.19 bits per heavy atom. The molecule has 5 nitrogen and oxygen atoms in total. The SMILES string of the molecule is CC(C)C(CN1CCS(=O)(=O)CC1)C(=O)O. The van der Waals surface area contributed by atoms with Crippen LogP contribution < -0.4 is 0 Å². The molecule has 1 unspecified atom stereocenters. The smallest absolute Gasteiger partial charge is 0.308 e. The van der Waals surface area contributed by atoms with E-state index in [9.17, 15) is 13.2 Å². The molecule has 94 valence electrons. The molecule has 0 spiro atoms. The zero-order chi connectivity index (χ0) is 12.3. The van der Waals surface area contributed by atoms with Crippen LogP contribution in [0.15, 0.2) is 0 Å². The Morgan fingerprint density at radius 1 is 1.31 bits per heavy atom. The van der Waals surface area contributed by atoms with Crippen molar-refractivity contribution >= 4 is 15.8 Å². The van der Waals surface area contributed by atoms with Crippen molar-refractivity contribution in [2.75, 3.05) is 31.1 Å². The fourth-order valence-corrected chi connectivity index (χ4v) is 3.06. The highest BCUT2D eigenvalue weighted by Crippen LogP contribution is 2.15. The third-order valence-electron chi connectivity index (χ3n) is 3.01. The van der Waals surface area contributed by atoms with E-state index in [2.05, 4.69) is 0 Å². The van der Waals surface area contributed by atoms with Crippen molar-refractivity contribution in [3.8, 4) is 0 Å². The number of carboxylic acid groups (broad SMARTS) is 1. The van der Waals surface area contributed by atoms with Gasteiger partial charge in [0.2, 0.25) is 0 Å². The molecule has 0 saturated carbocycles. The van der Waals surface area contributed by atoms with Gasteiger partial charge in [-0.15, -0.1) is 0 Å². The van der Waals surface area contributed by atoms with Gasteiger partial charge in [-0.1, -0.05) is 13.8 Å². The maximum atomic E-state index is 11.2. The van der Waals surface area contributed by atoms with E-state index in [-0.39, 0.29) is 17.4 Å². The predicted octanol–water partition coefficient (Wildman–Crippen LogP) is 0.0736. The lowest BCUT2D eigenvalue weighted by Crippen LogP contribution is -2.44. The Balaban J connectivity index is 2.52. The molecule has 0 aromatic rings. The highest BCUT2D eigenvalue weighted by Gasteiger charge is 2.28. The van der Waals surface area contributed by atoms with Gasteiger partial charge < -0.3 is 10.0 Å². The van der Waals surface area contributed by atoms with Crippen molar-refractivity contribution < 1.29 is 18.3 Å². The zero-order valence-corrected chi connectivity index (χ0v) is 10.5. The second kappa shape index (κ2) is 5.14. The number of carboxylic acids is 1. The van der Waals surface area contributed by atoms with Crippen LogP contribution in [-0.2, 0) is 14.6 Å². The summed E-state index contributed by atoms with van der Waals surface area (Å²) >= 11 is 0. The van der Waals surface area contributed by atoms with Gasteiger partial charge in [0.15, 0.2) is 9.84 Å². The van der Waals surface area contributed by atoms with E-state index in [1.165, 1.54) is 0 Å². The van der Waals surface area contributed by atoms with Gasteiger partial charge in [-0.05, 0) is 5.92 Å². The molecule has 1 atom stereocenters. The minimum absolute atomic E-state index is 0.0658. The van der Waals surface area contributed by atoms with Gasteiger partial charge in [0.1, 0.15) is 0 Å². The van der Waals surface area contributed by atoms with E-state index in [1.54, 1.807) is 0 Å². The Kier molecular flexibility index (Phi) is 4.32. The maximum Gasteiger partial charge on any atom is 0.308 e. The van der Waals surface area contributed by atoms with E-state index in [4.69, 9.17) is 5.11 Å². The lowest BCUT2D eigenvalue weighted by Gasteiger charge is -2.30. The van der Waals surface area contributed by atoms with Crippen LogP contribution in [0.2, 0.25) is 0 Å². The monoisotopic (exact) mass is 249 g/mol. The molecule has 1 N–H and O–H groups in total. The second-order valence-electron chi connectivity index (χ2n) is 4.64. The zero-order valence-electron chi connectivity index (χ0n) is 9.72. The fraction of sp³-hybridized carbons (Fsp3) is 0.900. The predicted molar refractivity (Wildman–Crippen MR) is 61.1 cm³/mol. The van der Waals surface area contributed by atoms with E-state index in [0.29, 0.717) is 19.6 Å². The standard InChI is InChI=1S/C10H19NO4S/c1-8(2)9(10(12)13)7-11-3-5-16(14,15)6-4-11/h8-9H,3-7H2,1-2H3,(H,12,13). The molecule has 0 amide bonds. The van der Waals surface area contributed by atoms with Gasteiger partial charge in [0.05, 0.1) is 17.4 Å². The van der Waals surface area contributed by atoms with Crippen LogP contribution in [0.5, 0.6) is 0 Å². The van der Waals surface area contributed by atoms with E-state index in [1.807, 2.05) is 18.7 Å². The summed E-state index contributed by atoms with van der Waals surface area (Å²) < 4.78 is 22.4. The minimum Gasteiger partial charge on any atom is -0.481 e. The summed E-state index contributed by atoms with van der Waals surface area (Å²) in [5, 5.41) is 9.03. The van der Waals surface area contributed by atoms with Crippen molar-refractivity contribution in [1.29, 1.82) is 0 Å². The van der Waals surface area contributed by atoms with Crippen LogP contribution in [0, 0.1) is 11.8 Å². The number of rotatable bonds is 4. The first-order chi connectivity index (χ1) is 7.32. The fourth-order valence-electron chi connectivity index (χ4n) is 1.79. The molecule has 0 aromatic carbocycles. The molecular formula is C10H19NO4S. The third-order valence-corrected chi connectivity index (χ3v) is 4.62. The van der Waals surface area contributed by atoms with Crippen LogP contribution in [0.25, 0.3) is 0 Å². The Bertz CT molecular complexity index is 336. The molecule has 1 aliphatic heterocycles. The quantitative estimate of drug-likeness (QED) is 0.763. The lowest BCUT2D eigenvalue weighted by molar-refractivity contribution is -0.144. The molecule has 6 heteroatoms. The Labute approximate surface area is 96.4 Å². The molecule has 0 radical (unpaired) electrons. The van der Waals surface area contributed by atoms with Crippen LogP contribution >= 0.6 is 0 Å². The van der Waals surface area contributed by atoms with Gasteiger partial charge in [-0.2, -0.15) is 0 Å². The molecule has 0 bridgehead atoms. The number of carbonyl (C=O) groups is 1. The summed E-state index contributed by atoms with van der Waals surface area (Å²) in [5.74, 6) is -0.852. The van der Waals surface area contributed by atoms with E-state index < -0.39 is 21.7 Å². The minimum atomic E-state index is -2.88. The van der Waals surface area contributed by atoms with Gasteiger partial charge in [0.25, 0.3) is 0 Å². The van der Waals surface area contributed by atoms with Gasteiger partial charge in [-0.3, -0.25) is 4.79 Å². The molecule has 1 aliphatic rings. The van der Waals surface area contributed by atoms with E-state index >= 15 is 0 Å². The van der Waals surface area contributed by atoms with Crippen molar-refractivity contribution in [3.63, 3.8) is 0 Å². The van der Waals surface area contributed by atoms with E-state index in [0.717, 1.165) is 0 Å². The summed E-state index contributed by atoms with van der Waals surface area (Å²) in [6, 6.07) is 0. The second-order valence-corrected chi connectivity index (χ2v) is 6.94. The summed E-state index contributed by atoms with van der Waals surface area (Å²) in [6.45, 7) is 5.11. The molecule has 1 saturated heterocycles. The van der Waals surface area contributed by atoms with Gasteiger partial charge in [0, 0.05) is 19.6 Å². The van der Waals surface area contributed by atoms with Crippen molar-refractivity contribution in [1.82, 2.24) is 4.90 Å². The number of hydrogen-bond donors (Lipinski definition) is 1. The van der Waals surface area contributed by atoms with Gasteiger partial charge >= 0.3 is 5.97 Å². The number of hydrogen-bond acceptors (Lipinski definition) is 4. The summed E-state index contributed by atoms with van der Waals surface area (Å²) in [7, 11) is -2.88. The molecule has 1 rings (SSSR count). The third kappa shape index (κ3) is 3.75. The molecule has 1 fully saturated rings. The highest BCUT2D eigenvalue weighted by molar-refractivity contribution is 7.91.